The summed E-state index contributed by atoms with van der Waals surface area (Å²) in [4.78, 5) is 10.3. The van der Waals surface area contributed by atoms with Crippen molar-refractivity contribution in [1.29, 1.82) is 0 Å². The summed E-state index contributed by atoms with van der Waals surface area (Å²) in [6.07, 6.45) is 0.652. The average Bonchev–Trinajstić information content (AvgIpc) is 2.10. The third kappa shape index (κ3) is 3.34. The molecule has 14 heavy (non-hydrogen) atoms. The average molecular weight is 216 g/mol. The maximum atomic E-state index is 12.9. The van der Waals surface area contributed by atoms with Gasteiger partial charge in [0.05, 0.1) is 0 Å². The van der Waals surface area contributed by atoms with Crippen molar-refractivity contribution >= 4 is 17.0 Å². The van der Waals surface area contributed by atoms with E-state index in [1.165, 1.54) is 6.07 Å². The van der Waals surface area contributed by atoms with Gasteiger partial charge < -0.3 is 5.32 Å². The summed E-state index contributed by atoms with van der Waals surface area (Å²) >= 11 is 5.09. The van der Waals surface area contributed by atoms with E-state index in [0.717, 1.165) is 5.56 Å². The second kappa shape index (κ2) is 4.96. The minimum absolute atomic E-state index is 0.213. The van der Waals surface area contributed by atoms with Crippen LogP contribution in [0.1, 0.15) is 11.1 Å². The zero-order chi connectivity index (χ0) is 10.6. The molecular weight excluding hydrogens is 205 g/mol. The Kier molecular flexibility index (Phi) is 3.89. The number of nitrogens with one attached hydrogen (secondary N) is 1. The Morgan fingerprint density at radius 1 is 1.57 bits per heavy atom. The highest BCUT2D eigenvalue weighted by atomic mass is 35.5. The van der Waals surface area contributed by atoms with Crippen LogP contribution in [0.3, 0.4) is 0 Å². The highest BCUT2D eigenvalue weighted by molar-refractivity contribution is 6.62. The summed E-state index contributed by atoms with van der Waals surface area (Å²) in [6, 6.07) is 4.88. The molecule has 0 saturated carbocycles. The number of hydrogen-bond acceptors (Lipinski definition) is 1. The van der Waals surface area contributed by atoms with Crippen molar-refractivity contribution in [2.24, 2.45) is 0 Å². The Hall–Kier alpha value is -1.09. The van der Waals surface area contributed by atoms with E-state index in [4.69, 9.17) is 11.6 Å². The minimum atomic E-state index is -0.566. The fourth-order valence-electron chi connectivity index (χ4n) is 1.17. The van der Waals surface area contributed by atoms with Crippen LogP contribution in [0.25, 0.3) is 0 Å². The number of rotatable bonds is 3. The number of aryl methyl sites for hydroxylation is 1. The topological polar surface area (TPSA) is 29.1 Å². The van der Waals surface area contributed by atoms with Crippen molar-refractivity contribution in [3.63, 3.8) is 0 Å². The molecular formula is C10H11ClFNO. The highest BCUT2D eigenvalue weighted by Crippen LogP contribution is 2.09. The molecule has 0 aliphatic rings. The van der Waals surface area contributed by atoms with E-state index in [0.29, 0.717) is 18.5 Å². The van der Waals surface area contributed by atoms with Gasteiger partial charge in [-0.2, -0.15) is 0 Å². The van der Waals surface area contributed by atoms with E-state index >= 15 is 0 Å². The van der Waals surface area contributed by atoms with Gasteiger partial charge in [-0.05, 0) is 42.1 Å². The lowest BCUT2D eigenvalue weighted by Crippen LogP contribution is -2.19. The fourth-order valence-corrected chi connectivity index (χ4v) is 1.26. The standard InChI is InChI=1S/C10H11ClFNO/c1-7-6-8(2-3-9(7)12)4-5-13-10(11)14/h2-3,6H,4-5H2,1H3,(H,13,14). The second-order valence-corrected chi connectivity index (χ2v) is 3.38. The Bertz CT molecular complexity index is 341. The third-order valence-corrected chi connectivity index (χ3v) is 2.03. The van der Waals surface area contributed by atoms with Gasteiger partial charge in [-0.25, -0.2) is 4.39 Å². The molecule has 0 unspecified atom stereocenters. The van der Waals surface area contributed by atoms with Crippen LogP contribution in [-0.4, -0.2) is 11.9 Å². The Morgan fingerprint density at radius 2 is 2.29 bits per heavy atom. The van der Waals surface area contributed by atoms with Gasteiger partial charge in [0.15, 0.2) is 0 Å². The first-order chi connectivity index (χ1) is 6.59. The van der Waals surface area contributed by atoms with Crippen molar-refractivity contribution in [2.45, 2.75) is 13.3 Å². The van der Waals surface area contributed by atoms with E-state index in [1.54, 1.807) is 19.1 Å². The first kappa shape index (κ1) is 11.0. The smallest absolute Gasteiger partial charge is 0.313 e. The monoisotopic (exact) mass is 215 g/mol. The van der Waals surface area contributed by atoms with Crippen LogP contribution in [0.15, 0.2) is 18.2 Å². The normalized spacial score (nSPS) is 9.93. The lowest BCUT2D eigenvalue weighted by Gasteiger charge is -2.03. The number of hydrogen-bond donors (Lipinski definition) is 1. The summed E-state index contributed by atoms with van der Waals surface area (Å²) in [7, 11) is 0. The molecule has 1 rings (SSSR count). The van der Waals surface area contributed by atoms with Crippen molar-refractivity contribution in [1.82, 2.24) is 5.32 Å². The van der Waals surface area contributed by atoms with Crippen LogP contribution in [0.4, 0.5) is 9.18 Å². The minimum Gasteiger partial charge on any atom is -0.342 e. The molecule has 1 amide bonds. The van der Waals surface area contributed by atoms with E-state index in [-0.39, 0.29) is 5.82 Å². The molecule has 1 aromatic carbocycles. The lowest BCUT2D eigenvalue weighted by molar-refractivity contribution is 0.260. The summed E-state index contributed by atoms with van der Waals surface area (Å²) < 4.78 is 12.9. The predicted molar refractivity (Wildman–Crippen MR) is 54.1 cm³/mol. The van der Waals surface area contributed by atoms with Crippen molar-refractivity contribution in [3.05, 3.63) is 35.1 Å². The molecule has 0 heterocycles. The van der Waals surface area contributed by atoms with Gasteiger partial charge in [0.25, 0.3) is 0 Å². The quantitative estimate of drug-likeness (QED) is 0.610. The second-order valence-electron chi connectivity index (χ2n) is 3.03. The van der Waals surface area contributed by atoms with Crippen LogP contribution in [0.2, 0.25) is 0 Å². The van der Waals surface area contributed by atoms with Gasteiger partial charge in [0.2, 0.25) is 0 Å². The SMILES string of the molecule is Cc1cc(CCNC(=O)Cl)ccc1F. The van der Waals surface area contributed by atoms with E-state index in [9.17, 15) is 9.18 Å². The summed E-state index contributed by atoms with van der Waals surface area (Å²) in [5, 5.41) is 1.89. The molecule has 0 fully saturated rings. The summed E-state index contributed by atoms with van der Waals surface area (Å²) in [6.45, 7) is 2.17. The van der Waals surface area contributed by atoms with Crippen molar-refractivity contribution in [2.75, 3.05) is 6.54 Å². The molecule has 2 nitrogen and oxygen atoms in total. The molecule has 4 heteroatoms. The van der Waals surface area contributed by atoms with Crippen LogP contribution < -0.4 is 5.32 Å². The van der Waals surface area contributed by atoms with Gasteiger partial charge in [0, 0.05) is 6.54 Å². The molecule has 0 spiro atoms. The first-order valence-corrected chi connectivity index (χ1v) is 4.66. The summed E-state index contributed by atoms with van der Waals surface area (Å²) in [5.41, 5.74) is 1.59. The zero-order valence-corrected chi connectivity index (χ0v) is 8.57. The van der Waals surface area contributed by atoms with Gasteiger partial charge in [-0.1, -0.05) is 12.1 Å². The Balaban J connectivity index is 2.51. The molecule has 76 valence electrons. The van der Waals surface area contributed by atoms with E-state index in [2.05, 4.69) is 5.32 Å². The van der Waals surface area contributed by atoms with Gasteiger partial charge in [-0.15, -0.1) is 0 Å². The Labute approximate surface area is 87.1 Å². The predicted octanol–water partition coefficient (Wildman–Crippen LogP) is 2.63. The van der Waals surface area contributed by atoms with Crippen LogP contribution in [-0.2, 0) is 6.42 Å². The van der Waals surface area contributed by atoms with Gasteiger partial charge >= 0.3 is 5.37 Å². The number of benzene rings is 1. The molecule has 0 bridgehead atoms. The highest BCUT2D eigenvalue weighted by Gasteiger charge is 1.99. The number of amides is 1. The van der Waals surface area contributed by atoms with Gasteiger partial charge in [-0.3, -0.25) is 4.79 Å². The maximum Gasteiger partial charge on any atom is 0.313 e. The molecule has 0 aromatic heterocycles. The molecule has 0 radical (unpaired) electrons. The van der Waals surface area contributed by atoms with Crippen LogP contribution >= 0.6 is 11.6 Å². The van der Waals surface area contributed by atoms with Crippen LogP contribution in [0, 0.1) is 12.7 Å². The molecule has 1 N–H and O–H groups in total. The lowest BCUT2D eigenvalue weighted by atomic mass is 10.1. The number of carbonyl (C=O) groups is 1. The summed E-state index contributed by atoms with van der Waals surface area (Å²) in [5.74, 6) is -0.213. The van der Waals surface area contributed by atoms with E-state index in [1.807, 2.05) is 0 Å². The largest absolute Gasteiger partial charge is 0.342 e. The molecule has 0 saturated heterocycles. The van der Waals surface area contributed by atoms with E-state index < -0.39 is 5.37 Å². The molecule has 0 aliphatic carbocycles. The Morgan fingerprint density at radius 3 is 2.86 bits per heavy atom. The maximum absolute atomic E-state index is 12.9. The molecule has 0 atom stereocenters. The molecule has 0 aliphatic heterocycles. The first-order valence-electron chi connectivity index (χ1n) is 4.28. The van der Waals surface area contributed by atoms with Gasteiger partial charge in [0.1, 0.15) is 5.82 Å². The van der Waals surface area contributed by atoms with Crippen LogP contribution in [0.5, 0.6) is 0 Å². The third-order valence-electron chi connectivity index (χ3n) is 1.90. The fraction of sp³-hybridized carbons (Fsp3) is 0.300. The molecule has 1 aromatic rings. The number of halogens is 2. The number of carbonyl (C=O) groups excluding carboxylic acids is 1. The zero-order valence-electron chi connectivity index (χ0n) is 7.81. The van der Waals surface area contributed by atoms with Crippen molar-refractivity contribution in [3.8, 4) is 0 Å². The van der Waals surface area contributed by atoms with Crippen molar-refractivity contribution < 1.29 is 9.18 Å².